The summed E-state index contributed by atoms with van der Waals surface area (Å²) in [7, 11) is -11.4. The SMILES string of the molecule is O=S(=O)([N-]S(=O)(=O)C(F)(F)F)OCC12CC3CC(CC(O)(C3)C1)C2. The summed E-state index contributed by atoms with van der Waals surface area (Å²) < 4.78 is 87.9. The van der Waals surface area contributed by atoms with Gasteiger partial charge >= 0.3 is 5.51 Å². The monoisotopic (exact) mass is 392 g/mol. The van der Waals surface area contributed by atoms with Gasteiger partial charge in [-0.2, -0.15) is 13.2 Å². The van der Waals surface area contributed by atoms with Crippen LogP contribution in [-0.4, -0.2) is 39.7 Å². The van der Waals surface area contributed by atoms with E-state index >= 15 is 0 Å². The van der Waals surface area contributed by atoms with Gasteiger partial charge in [0.25, 0.3) is 0 Å². The molecular formula is C12H17F3NO6S2-. The molecule has 0 aromatic carbocycles. The Morgan fingerprint density at radius 1 is 1.08 bits per heavy atom. The van der Waals surface area contributed by atoms with Crippen LogP contribution in [0.1, 0.15) is 38.5 Å². The molecule has 0 radical (unpaired) electrons. The van der Waals surface area contributed by atoms with Crippen molar-refractivity contribution in [1.82, 2.24) is 0 Å². The van der Waals surface area contributed by atoms with Gasteiger partial charge in [0.1, 0.15) is 0 Å². The quantitative estimate of drug-likeness (QED) is 0.764. The van der Waals surface area contributed by atoms with E-state index in [1.165, 1.54) is 0 Å². The summed E-state index contributed by atoms with van der Waals surface area (Å²) in [6.45, 7) is -0.471. The molecule has 2 unspecified atom stereocenters. The topological polar surface area (TPSA) is 112 Å². The smallest absolute Gasteiger partial charge is 0.404 e. The number of hydrogen-bond acceptors (Lipinski definition) is 6. The number of hydrogen-bond donors (Lipinski definition) is 1. The average Bonchev–Trinajstić information content (AvgIpc) is 2.31. The van der Waals surface area contributed by atoms with E-state index in [2.05, 4.69) is 4.18 Å². The summed E-state index contributed by atoms with van der Waals surface area (Å²) in [6, 6.07) is 0. The summed E-state index contributed by atoms with van der Waals surface area (Å²) >= 11 is 0. The number of rotatable bonds is 5. The molecule has 0 heterocycles. The van der Waals surface area contributed by atoms with E-state index < -0.39 is 43.5 Å². The maximum absolute atomic E-state index is 12.2. The van der Waals surface area contributed by atoms with Gasteiger partial charge in [0.2, 0.25) is 10.3 Å². The third-order valence-electron chi connectivity index (χ3n) is 5.15. The van der Waals surface area contributed by atoms with Crippen molar-refractivity contribution >= 4 is 20.3 Å². The number of aliphatic hydroxyl groups is 1. The first-order valence-electron chi connectivity index (χ1n) is 7.41. The van der Waals surface area contributed by atoms with Gasteiger partial charge < -0.3 is 9.23 Å². The van der Waals surface area contributed by atoms with Gasteiger partial charge in [-0.15, -0.1) is 0 Å². The fourth-order valence-electron chi connectivity index (χ4n) is 4.95. The highest BCUT2D eigenvalue weighted by molar-refractivity contribution is 8.10. The van der Waals surface area contributed by atoms with E-state index in [0.717, 1.165) is 6.42 Å². The van der Waals surface area contributed by atoms with Crippen molar-refractivity contribution in [3.8, 4) is 0 Å². The third kappa shape index (κ3) is 3.43. The highest BCUT2D eigenvalue weighted by atomic mass is 32.3. The Morgan fingerprint density at radius 3 is 2.08 bits per heavy atom. The lowest BCUT2D eigenvalue weighted by Crippen LogP contribution is -2.57. The molecule has 1 N–H and O–H groups in total. The Balaban J connectivity index is 1.69. The van der Waals surface area contributed by atoms with Crippen LogP contribution in [0.15, 0.2) is 0 Å². The zero-order chi connectivity index (χ0) is 18.0. The molecule has 4 rings (SSSR count). The number of halogens is 3. The van der Waals surface area contributed by atoms with Crippen LogP contribution in [0.4, 0.5) is 13.2 Å². The molecule has 4 fully saturated rings. The third-order valence-corrected chi connectivity index (χ3v) is 7.66. The van der Waals surface area contributed by atoms with E-state index in [1.54, 1.807) is 0 Å². The van der Waals surface area contributed by atoms with Crippen molar-refractivity contribution in [1.29, 1.82) is 0 Å². The summed E-state index contributed by atoms with van der Waals surface area (Å²) in [4.78, 5) is 0. The molecule has 24 heavy (non-hydrogen) atoms. The predicted molar refractivity (Wildman–Crippen MR) is 75.3 cm³/mol. The Hall–Kier alpha value is -0.430. The van der Waals surface area contributed by atoms with Crippen LogP contribution in [0.5, 0.6) is 0 Å². The zero-order valence-electron chi connectivity index (χ0n) is 12.5. The van der Waals surface area contributed by atoms with E-state index in [4.69, 9.17) is 0 Å². The fraction of sp³-hybridized carbons (Fsp3) is 1.00. The van der Waals surface area contributed by atoms with E-state index in [9.17, 15) is 35.1 Å². The molecular weight excluding hydrogens is 375 g/mol. The molecule has 2 atom stereocenters. The Kier molecular flexibility index (Phi) is 4.04. The average molecular weight is 392 g/mol. The molecule has 7 nitrogen and oxygen atoms in total. The van der Waals surface area contributed by atoms with Gasteiger partial charge in [-0.05, 0) is 55.8 Å². The van der Waals surface area contributed by atoms with Crippen LogP contribution < -0.4 is 0 Å². The molecule has 0 saturated heterocycles. The van der Waals surface area contributed by atoms with Gasteiger partial charge in [-0.25, -0.2) is 16.8 Å². The Labute approximate surface area is 137 Å². The molecule has 4 aliphatic carbocycles. The second-order valence-electron chi connectivity index (χ2n) is 7.37. The molecule has 140 valence electrons. The number of nitrogens with zero attached hydrogens (tertiary/aromatic N) is 1. The standard InChI is InChI=1S/C12H17F3NO6S2/c13-12(14,15)23(18,19)16-24(20,21)22-7-10-2-8-1-9(3-10)5-11(17,4-8)6-10/h8-9,17H,1-7H2/q-1. The lowest BCUT2D eigenvalue weighted by Gasteiger charge is -2.60. The number of alkyl halides is 3. The lowest BCUT2D eigenvalue weighted by atomic mass is 9.48. The molecule has 12 heteroatoms. The fourth-order valence-corrected chi connectivity index (χ4v) is 6.82. The van der Waals surface area contributed by atoms with Crippen LogP contribution in [-0.2, 0) is 24.5 Å². The Bertz CT molecular complexity index is 718. The van der Waals surface area contributed by atoms with Crippen LogP contribution in [0.2, 0.25) is 0 Å². The summed E-state index contributed by atoms with van der Waals surface area (Å²) in [5, 5.41) is 10.5. The highest BCUT2D eigenvalue weighted by Gasteiger charge is 2.57. The van der Waals surface area contributed by atoms with Crippen LogP contribution in [0, 0.1) is 17.3 Å². The molecule has 0 aliphatic heterocycles. The molecule has 0 spiro atoms. The van der Waals surface area contributed by atoms with Gasteiger partial charge in [-0.1, -0.05) is 0 Å². The largest absolute Gasteiger partial charge is 0.480 e. The van der Waals surface area contributed by atoms with E-state index in [0.29, 0.717) is 32.1 Å². The second kappa shape index (κ2) is 5.29. The summed E-state index contributed by atoms with van der Waals surface area (Å²) in [6.07, 6.45) is 3.70. The van der Waals surface area contributed by atoms with Crippen molar-refractivity contribution in [3.05, 3.63) is 4.13 Å². The molecule has 0 aromatic rings. The van der Waals surface area contributed by atoms with Crippen LogP contribution in [0.3, 0.4) is 0 Å². The maximum Gasteiger partial charge on any atom is 0.480 e. The van der Waals surface area contributed by atoms with Crippen molar-refractivity contribution in [3.63, 3.8) is 0 Å². The molecule has 4 saturated carbocycles. The molecule has 0 amide bonds. The van der Waals surface area contributed by atoms with Gasteiger partial charge in [-0.3, -0.25) is 4.18 Å². The van der Waals surface area contributed by atoms with Gasteiger partial charge in [0.15, 0.2) is 10.0 Å². The number of sulfonamides is 1. The second-order valence-corrected chi connectivity index (χ2v) is 10.5. The first-order chi connectivity index (χ1) is 10.7. The van der Waals surface area contributed by atoms with Crippen molar-refractivity contribution < 1.29 is 39.3 Å². The van der Waals surface area contributed by atoms with Crippen molar-refractivity contribution in [2.24, 2.45) is 17.3 Å². The first kappa shape index (κ1) is 18.4. The van der Waals surface area contributed by atoms with E-state index in [-0.39, 0.29) is 11.8 Å². The first-order valence-corrected chi connectivity index (χ1v) is 10.2. The summed E-state index contributed by atoms with van der Waals surface area (Å²) in [5.74, 6) is 0.441. The molecule has 4 bridgehead atoms. The zero-order valence-corrected chi connectivity index (χ0v) is 14.1. The Morgan fingerprint density at radius 2 is 1.62 bits per heavy atom. The van der Waals surface area contributed by atoms with Crippen molar-refractivity contribution in [2.75, 3.05) is 6.61 Å². The van der Waals surface area contributed by atoms with Gasteiger partial charge in [0, 0.05) is 0 Å². The molecule has 4 aliphatic rings. The molecule has 0 aromatic heterocycles. The minimum atomic E-state index is -6.18. The maximum atomic E-state index is 12.2. The highest BCUT2D eigenvalue weighted by Crippen LogP contribution is 2.61. The minimum absolute atomic E-state index is 0.221. The van der Waals surface area contributed by atoms with E-state index in [1.807, 2.05) is 4.13 Å². The normalized spacial score (nSPS) is 39.3. The minimum Gasteiger partial charge on any atom is -0.404 e. The van der Waals surface area contributed by atoms with Crippen molar-refractivity contribution in [2.45, 2.75) is 49.6 Å². The predicted octanol–water partition coefficient (Wildman–Crippen LogP) is 1.80. The summed E-state index contributed by atoms with van der Waals surface area (Å²) in [5.41, 5.74) is -7.37. The van der Waals surface area contributed by atoms with Crippen LogP contribution in [0.25, 0.3) is 4.13 Å². The lowest BCUT2D eigenvalue weighted by molar-refractivity contribution is -0.172. The van der Waals surface area contributed by atoms with Crippen LogP contribution >= 0.6 is 0 Å². The van der Waals surface area contributed by atoms with Gasteiger partial charge in [0.05, 0.1) is 12.2 Å².